The summed E-state index contributed by atoms with van der Waals surface area (Å²) in [5.74, 6) is 1.23. The summed E-state index contributed by atoms with van der Waals surface area (Å²) in [4.78, 5) is 19.6. The van der Waals surface area contributed by atoms with Gasteiger partial charge in [-0.2, -0.15) is 0 Å². The van der Waals surface area contributed by atoms with Gasteiger partial charge >= 0.3 is 0 Å². The highest BCUT2D eigenvalue weighted by molar-refractivity contribution is 7.98. The first kappa shape index (κ1) is 14.1. The van der Waals surface area contributed by atoms with Crippen molar-refractivity contribution in [2.45, 2.75) is 17.3 Å². The van der Waals surface area contributed by atoms with Crippen molar-refractivity contribution in [1.82, 2.24) is 9.97 Å². The molecule has 0 bridgehead atoms. The lowest BCUT2D eigenvalue weighted by molar-refractivity contribution is 0.181. The summed E-state index contributed by atoms with van der Waals surface area (Å²) in [7, 11) is 1.57. The quantitative estimate of drug-likeness (QED) is 0.862. The number of hydrogen-bond donors (Lipinski definition) is 1. The van der Waals surface area contributed by atoms with E-state index in [4.69, 9.17) is 16.3 Å². The molecule has 6 heteroatoms. The van der Waals surface area contributed by atoms with Gasteiger partial charge in [-0.3, -0.25) is 4.79 Å². The fourth-order valence-electron chi connectivity index (χ4n) is 1.54. The zero-order chi connectivity index (χ0) is 13.7. The summed E-state index contributed by atoms with van der Waals surface area (Å²) >= 11 is 7.41. The van der Waals surface area contributed by atoms with Crippen LogP contribution in [0, 0.1) is 0 Å². The number of methoxy groups -OCH3 is 1. The molecule has 0 saturated carbocycles. The summed E-state index contributed by atoms with van der Waals surface area (Å²) in [6.45, 7) is 0.336. The van der Waals surface area contributed by atoms with Crippen LogP contribution in [0.3, 0.4) is 0 Å². The van der Waals surface area contributed by atoms with Crippen LogP contribution in [0.4, 0.5) is 0 Å². The number of nitrogens with zero attached hydrogens (tertiary/aromatic N) is 1. The van der Waals surface area contributed by atoms with Gasteiger partial charge < -0.3 is 9.72 Å². The number of rotatable bonds is 5. The summed E-state index contributed by atoms with van der Waals surface area (Å²) in [5.41, 5.74) is 0.478. The van der Waals surface area contributed by atoms with E-state index in [9.17, 15) is 4.79 Å². The number of benzene rings is 1. The van der Waals surface area contributed by atoms with Crippen LogP contribution in [0.15, 0.2) is 40.0 Å². The molecule has 0 spiro atoms. The van der Waals surface area contributed by atoms with Crippen LogP contribution in [0.2, 0.25) is 5.02 Å². The Labute approximate surface area is 120 Å². The van der Waals surface area contributed by atoms with Gasteiger partial charge in [0.15, 0.2) is 0 Å². The lowest BCUT2D eigenvalue weighted by atomic mass is 10.4. The maximum Gasteiger partial charge on any atom is 0.251 e. The second kappa shape index (κ2) is 6.75. The van der Waals surface area contributed by atoms with Crippen molar-refractivity contribution < 1.29 is 4.74 Å². The number of H-pyrrole nitrogens is 1. The van der Waals surface area contributed by atoms with E-state index < -0.39 is 0 Å². The second-order valence-corrected chi connectivity index (χ2v) is 5.34. The highest BCUT2D eigenvalue weighted by Gasteiger charge is 2.02. The maximum atomic E-state index is 11.5. The van der Waals surface area contributed by atoms with E-state index >= 15 is 0 Å². The van der Waals surface area contributed by atoms with Gasteiger partial charge in [-0.15, -0.1) is 11.8 Å². The van der Waals surface area contributed by atoms with E-state index in [-0.39, 0.29) is 5.56 Å². The van der Waals surface area contributed by atoms with Gasteiger partial charge in [-0.1, -0.05) is 11.6 Å². The normalized spacial score (nSPS) is 10.6. The summed E-state index contributed by atoms with van der Waals surface area (Å²) < 4.78 is 4.98. The first-order valence-corrected chi connectivity index (χ1v) is 7.00. The van der Waals surface area contributed by atoms with Gasteiger partial charge in [-0.05, 0) is 24.3 Å². The zero-order valence-corrected chi connectivity index (χ0v) is 11.9. The van der Waals surface area contributed by atoms with E-state index in [1.165, 1.54) is 6.07 Å². The van der Waals surface area contributed by atoms with Crippen molar-refractivity contribution in [2.75, 3.05) is 7.11 Å². The molecule has 4 nitrogen and oxygen atoms in total. The van der Waals surface area contributed by atoms with Gasteiger partial charge in [0.25, 0.3) is 5.56 Å². The first-order chi connectivity index (χ1) is 9.17. The molecule has 100 valence electrons. The molecule has 1 aromatic heterocycles. The van der Waals surface area contributed by atoms with Crippen molar-refractivity contribution in [3.8, 4) is 0 Å². The van der Waals surface area contributed by atoms with E-state index in [0.717, 1.165) is 4.90 Å². The number of halogens is 1. The molecule has 19 heavy (non-hydrogen) atoms. The van der Waals surface area contributed by atoms with Crippen LogP contribution in [0.5, 0.6) is 0 Å². The molecular weight excluding hydrogens is 284 g/mol. The van der Waals surface area contributed by atoms with Crippen LogP contribution >= 0.6 is 23.4 Å². The molecular formula is C13H13ClN2O2S. The highest BCUT2D eigenvalue weighted by atomic mass is 35.5. The number of ether oxygens (including phenoxy) is 1. The summed E-state index contributed by atoms with van der Waals surface area (Å²) in [5, 5.41) is 0.706. The van der Waals surface area contributed by atoms with Gasteiger partial charge in [0, 0.05) is 23.1 Å². The molecule has 0 atom stereocenters. The Hall–Kier alpha value is -1.30. The highest BCUT2D eigenvalue weighted by Crippen LogP contribution is 2.22. The number of aromatic amines is 1. The molecule has 0 saturated heterocycles. The van der Waals surface area contributed by atoms with Crippen molar-refractivity contribution >= 4 is 23.4 Å². The van der Waals surface area contributed by atoms with Crippen molar-refractivity contribution in [2.24, 2.45) is 0 Å². The van der Waals surface area contributed by atoms with Gasteiger partial charge in [0.05, 0.1) is 18.1 Å². The van der Waals surface area contributed by atoms with Crippen LogP contribution in [0.1, 0.15) is 11.5 Å². The van der Waals surface area contributed by atoms with Crippen molar-refractivity contribution in [3.63, 3.8) is 0 Å². The number of thioether (sulfide) groups is 1. The molecule has 0 aliphatic carbocycles. The minimum absolute atomic E-state index is 0.159. The Bertz CT molecular complexity index is 598. The standard InChI is InChI=1S/C13H13ClN2O2S/c1-18-7-10-6-13(17)16-12(15-10)8-19-11-4-2-9(14)3-5-11/h2-6H,7-8H2,1H3,(H,15,16,17). The van der Waals surface area contributed by atoms with Crippen molar-refractivity contribution in [3.05, 3.63) is 57.2 Å². The van der Waals surface area contributed by atoms with E-state index in [1.54, 1.807) is 18.9 Å². The third-order valence-electron chi connectivity index (χ3n) is 2.33. The fourth-order valence-corrected chi connectivity index (χ4v) is 2.43. The predicted octanol–water partition coefficient (Wildman–Crippen LogP) is 2.86. The topological polar surface area (TPSA) is 55.0 Å². The third kappa shape index (κ3) is 4.38. The van der Waals surface area contributed by atoms with Crippen LogP contribution in [-0.4, -0.2) is 17.1 Å². The molecule has 2 aromatic rings. The minimum atomic E-state index is -0.159. The molecule has 0 amide bonds. The van der Waals surface area contributed by atoms with Gasteiger partial charge in [0.1, 0.15) is 5.82 Å². The molecule has 2 rings (SSSR count). The summed E-state index contributed by atoms with van der Waals surface area (Å²) in [6.07, 6.45) is 0. The Morgan fingerprint density at radius 1 is 1.37 bits per heavy atom. The zero-order valence-electron chi connectivity index (χ0n) is 10.4. The molecule has 0 fully saturated rings. The van der Waals surface area contributed by atoms with Crippen molar-refractivity contribution in [1.29, 1.82) is 0 Å². The molecule has 1 N–H and O–H groups in total. The predicted molar refractivity (Wildman–Crippen MR) is 76.6 cm³/mol. The second-order valence-electron chi connectivity index (χ2n) is 3.86. The molecule has 1 heterocycles. The molecule has 0 radical (unpaired) electrons. The average molecular weight is 297 g/mol. The Kier molecular flexibility index (Phi) is 5.01. The number of nitrogens with one attached hydrogen (secondary N) is 1. The third-order valence-corrected chi connectivity index (χ3v) is 3.60. The Morgan fingerprint density at radius 2 is 2.11 bits per heavy atom. The number of aromatic nitrogens is 2. The lowest BCUT2D eigenvalue weighted by Gasteiger charge is -2.04. The smallest absolute Gasteiger partial charge is 0.251 e. The SMILES string of the molecule is COCc1cc(=O)[nH]c(CSc2ccc(Cl)cc2)n1. The molecule has 0 aliphatic rings. The minimum Gasteiger partial charge on any atom is -0.378 e. The summed E-state index contributed by atoms with van der Waals surface area (Å²) in [6, 6.07) is 8.98. The largest absolute Gasteiger partial charge is 0.378 e. The average Bonchev–Trinajstić information content (AvgIpc) is 2.38. The van der Waals surface area contributed by atoms with Crippen LogP contribution < -0.4 is 5.56 Å². The first-order valence-electron chi connectivity index (χ1n) is 5.64. The Balaban J connectivity index is 2.06. The van der Waals surface area contributed by atoms with E-state index in [0.29, 0.717) is 28.9 Å². The Morgan fingerprint density at radius 3 is 2.79 bits per heavy atom. The molecule has 0 unspecified atom stereocenters. The van der Waals surface area contributed by atoms with E-state index in [1.807, 2.05) is 24.3 Å². The lowest BCUT2D eigenvalue weighted by Crippen LogP contribution is -2.12. The van der Waals surface area contributed by atoms with Crippen LogP contribution in [-0.2, 0) is 17.1 Å². The molecule has 0 aliphatic heterocycles. The molecule has 1 aromatic carbocycles. The fraction of sp³-hybridized carbons (Fsp3) is 0.231. The van der Waals surface area contributed by atoms with Gasteiger partial charge in [-0.25, -0.2) is 4.98 Å². The number of hydrogen-bond acceptors (Lipinski definition) is 4. The van der Waals surface area contributed by atoms with E-state index in [2.05, 4.69) is 9.97 Å². The maximum absolute atomic E-state index is 11.5. The van der Waals surface area contributed by atoms with Gasteiger partial charge in [0.2, 0.25) is 0 Å². The van der Waals surface area contributed by atoms with Crippen LogP contribution in [0.25, 0.3) is 0 Å². The monoisotopic (exact) mass is 296 g/mol.